The Kier molecular flexibility index (Phi) is 65.2. The minimum Gasteiger partial charge on any atom is -0.493 e. The van der Waals surface area contributed by atoms with Crippen molar-refractivity contribution in [3.8, 4) is 5.75 Å². The minimum absolute atomic E-state index is 0.0722. The molecule has 5 heteroatoms. The highest BCUT2D eigenvalue weighted by molar-refractivity contribution is 6.00. The number of amides is 2. The van der Waals surface area contributed by atoms with Crippen molar-refractivity contribution in [1.82, 2.24) is 10.6 Å². The molecule has 0 saturated heterocycles. The van der Waals surface area contributed by atoms with E-state index in [0.717, 1.165) is 38.5 Å². The van der Waals surface area contributed by atoms with Gasteiger partial charge in [0.1, 0.15) is 5.75 Å². The third kappa shape index (κ3) is 57.7. The summed E-state index contributed by atoms with van der Waals surface area (Å²) in [6.45, 7) is 8.83. The van der Waals surface area contributed by atoms with E-state index in [9.17, 15) is 9.59 Å². The van der Waals surface area contributed by atoms with Crippen LogP contribution in [0.5, 0.6) is 5.75 Å². The lowest BCUT2D eigenvalue weighted by molar-refractivity contribution is 0.0937. The molecule has 0 atom stereocenters. The maximum Gasteiger partial charge on any atom is 0.255 e. The molecular weight excluding hydrogens is 1020 g/mol. The summed E-state index contributed by atoms with van der Waals surface area (Å²) < 4.78 is 6.32. The molecule has 0 aromatic heterocycles. The van der Waals surface area contributed by atoms with Crippen molar-refractivity contribution in [1.29, 1.82) is 0 Å². The van der Waals surface area contributed by atoms with Crippen molar-refractivity contribution in [2.45, 2.75) is 438 Å². The van der Waals surface area contributed by atoms with Crippen molar-refractivity contribution in [2.75, 3.05) is 19.7 Å². The molecule has 5 nitrogen and oxygen atoms in total. The SMILES string of the molecule is CCCCCCCCCCCCCCCCCCCCCCCCCCCCCNC(=O)c1ccc(C(=O)NCCCCCCCCCCCCCCCCCCCCCCCCCCCCC)c(OCCCCCCCCCCCCC)c1. The Labute approximate surface area is 527 Å². The highest BCUT2D eigenvalue weighted by atomic mass is 16.5. The standard InChI is InChI=1S/C79H150N2O3/c1-4-7-10-13-16-19-22-24-26-28-30-32-34-36-38-40-42-44-46-48-50-52-54-57-60-63-66-71-80-78(82)75-69-70-76(77(74-75)84-73-68-65-62-59-56-21-18-15-12-9-6-3)79(83)81-72-67-64-61-58-55-53-51-49-47-45-43-41-39-37-35-33-31-29-27-25-23-20-17-14-11-8-5-2/h69-70,74H,4-68,71-73H2,1-3H3,(H,80,82)(H,81,83). The average molecular weight is 1180 g/mol. The van der Waals surface area contributed by atoms with E-state index >= 15 is 0 Å². The van der Waals surface area contributed by atoms with Gasteiger partial charge in [-0.15, -0.1) is 0 Å². The fourth-order valence-corrected chi connectivity index (χ4v) is 12.8. The second-order valence-corrected chi connectivity index (χ2v) is 27.0. The van der Waals surface area contributed by atoms with E-state index in [4.69, 9.17) is 4.74 Å². The van der Waals surface area contributed by atoms with Gasteiger partial charge in [0.05, 0.1) is 12.2 Å². The van der Waals surface area contributed by atoms with Crippen LogP contribution in [0.25, 0.3) is 0 Å². The number of carbonyl (C=O) groups is 2. The molecule has 84 heavy (non-hydrogen) atoms. The first-order valence-corrected chi connectivity index (χ1v) is 39.0. The van der Waals surface area contributed by atoms with Crippen LogP contribution < -0.4 is 15.4 Å². The van der Waals surface area contributed by atoms with Crippen LogP contribution in [-0.2, 0) is 0 Å². The molecule has 2 amide bonds. The van der Waals surface area contributed by atoms with Gasteiger partial charge in [-0.05, 0) is 37.5 Å². The zero-order valence-electron chi connectivity index (χ0n) is 57.5. The van der Waals surface area contributed by atoms with Crippen LogP contribution in [0.3, 0.4) is 0 Å². The van der Waals surface area contributed by atoms with Crippen LogP contribution in [0.15, 0.2) is 18.2 Å². The summed E-state index contributed by atoms with van der Waals surface area (Å²) in [6.07, 6.45) is 89.5. The number of rotatable bonds is 71. The number of ether oxygens (including phenoxy) is 1. The quantitative estimate of drug-likeness (QED) is 0.0639. The van der Waals surface area contributed by atoms with Gasteiger partial charge in [0.2, 0.25) is 0 Å². The van der Waals surface area contributed by atoms with Gasteiger partial charge in [-0.3, -0.25) is 9.59 Å². The second kappa shape index (κ2) is 68.5. The van der Waals surface area contributed by atoms with Crippen LogP contribution in [0.1, 0.15) is 459 Å². The Hall–Kier alpha value is -2.04. The monoisotopic (exact) mass is 1180 g/mol. The van der Waals surface area contributed by atoms with Crippen molar-refractivity contribution >= 4 is 11.8 Å². The number of carbonyl (C=O) groups excluding carboxylic acids is 2. The molecule has 1 rings (SSSR count). The van der Waals surface area contributed by atoms with Gasteiger partial charge in [-0.25, -0.2) is 0 Å². The van der Waals surface area contributed by atoms with E-state index in [0.29, 0.717) is 36.6 Å². The van der Waals surface area contributed by atoms with Crippen molar-refractivity contribution in [2.24, 2.45) is 0 Å². The Bertz CT molecular complexity index is 1460. The second-order valence-electron chi connectivity index (χ2n) is 27.0. The number of nitrogens with one attached hydrogen (secondary N) is 2. The van der Waals surface area contributed by atoms with E-state index in [-0.39, 0.29) is 11.8 Å². The van der Waals surface area contributed by atoms with E-state index in [1.807, 2.05) is 18.2 Å². The minimum atomic E-state index is -0.0913. The maximum atomic E-state index is 13.5. The van der Waals surface area contributed by atoms with Gasteiger partial charge in [0.25, 0.3) is 11.8 Å². The molecule has 0 saturated carbocycles. The third-order valence-electron chi connectivity index (χ3n) is 18.6. The first-order chi connectivity index (χ1) is 41.6. The lowest BCUT2D eigenvalue weighted by Gasteiger charge is -2.14. The highest BCUT2D eigenvalue weighted by Crippen LogP contribution is 2.24. The molecule has 1 aromatic rings. The lowest BCUT2D eigenvalue weighted by Crippen LogP contribution is -2.26. The molecule has 0 aliphatic heterocycles. The average Bonchev–Trinajstić information content (AvgIpc) is 3.71. The van der Waals surface area contributed by atoms with Gasteiger partial charge < -0.3 is 15.4 Å². The predicted octanol–water partition coefficient (Wildman–Crippen LogP) is 26.9. The normalized spacial score (nSPS) is 11.5. The van der Waals surface area contributed by atoms with E-state index in [1.54, 1.807) is 0 Å². The van der Waals surface area contributed by atoms with Gasteiger partial charge >= 0.3 is 0 Å². The molecule has 0 radical (unpaired) electrons. The van der Waals surface area contributed by atoms with Crippen LogP contribution in [-0.4, -0.2) is 31.5 Å². The molecule has 2 N–H and O–H groups in total. The summed E-state index contributed by atoms with van der Waals surface area (Å²) in [6, 6.07) is 5.43. The first-order valence-electron chi connectivity index (χ1n) is 39.0. The van der Waals surface area contributed by atoms with Gasteiger partial charge in [-0.1, -0.05) is 419 Å². The Balaban J connectivity index is 2.18. The third-order valence-corrected chi connectivity index (χ3v) is 18.6. The number of hydrogen-bond donors (Lipinski definition) is 2. The summed E-state index contributed by atoms with van der Waals surface area (Å²) in [5.74, 6) is 0.381. The molecule has 1 aromatic carbocycles. The summed E-state index contributed by atoms with van der Waals surface area (Å²) >= 11 is 0. The first kappa shape index (κ1) is 80.0. The van der Waals surface area contributed by atoms with Gasteiger partial charge in [0.15, 0.2) is 0 Å². The van der Waals surface area contributed by atoms with Crippen LogP contribution in [0.2, 0.25) is 0 Å². The Morgan fingerprint density at radius 1 is 0.262 bits per heavy atom. The van der Waals surface area contributed by atoms with Crippen LogP contribution in [0.4, 0.5) is 0 Å². The molecule has 0 spiro atoms. The predicted molar refractivity (Wildman–Crippen MR) is 374 cm³/mol. The van der Waals surface area contributed by atoms with Crippen molar-refractivity contribution in [3.05, 3.63) is 29.3 Å². The Morgan fingerprint density at radius 3 is 0.702 bits per heavy atom. The number of unbranched alkanes of at least 4 members (excludes halogenated alkanes) is 62. The molecule has 0 aliphatic rings. The van der Waals surface area contributed by atoms with Crippen molar-refractivity contribution < 1.29 is 14.3 Å². The molecule has 0 bridgehead atoms. The molecule has 0 heterocycles. The summed E-state index contributed by atoms with van der Waals surface area (Å²) in [5.41, 5.74) is 1.13. The van der Waals surface area contributed by atoms with Gasteiger partial charge in [0, 0.05) is 18.7 Å². The van der Waals surface area contributed by atoms with Crippen LogP contribution in [0, 0.1) is 0 Å². The van der Waals surface area contributed by atoms with E-state index < -0.39 is 0 Å². The fraction of sp³-hybridized carbons (Fsp3) is 0.899. The topological polar surface area (TPSA) is 67.4 Å². The molecule has 0 aliphatic carbocycles. The summed E-state index contributed by atoms with van der Waals surface area (Å²) in [7, 11) is 0. The fourth-order valence-electron chi connectivity index (χ4n) is 12.8. The Morgan fingerprint density at radius 2 is 0.464 bits per heavy atom. The summed E-state index contributed by atoms with van der Waals surface area (Å²) in [5, 5.41) is 6.34. The van der Waals surface area contributed by atoms with E-state index in [2.05, 4.69) is 31.4 Å². The van der Waals surface area contributed by atoms with E-state index in [1.165, 1.54) is 379 Å². The molecule has 0 unspecified atom stereocenters. The van der Waals surface area contributed by atoms with Crippen molar-refractivity contribution in [3.63, 3.8) is 0 Å². The smallest absolute Gasteiger partial charge is 0.255 e. The highest BCUT2D eigenvalue weighted by Gasteiger charge is 2.16. The largest absolute Gasteiger partial charge is 0.493 e. The number of benzene rings is 1. The van der Waals surface area contributed by atoms with Crippen LogP contribution >= 0.6 is 0 Å². The number of hydrogen-bond acceptors (Lipinski definition) is 3. The maximum absolute atomic E-state index is 13.5. The van der Waals surface area contributed by atoms with Gasteiger partial charge in [-0.2, -0.15) is 0 Å². The zero-order chi connectivity index (χ0) is 60.2. The molecule has 494 valence electrons. The summed E-state index contributed by atoms with van der Waals surface area (Å²) in [4.78, 5) is 26.9. The lowest BCUT2D eigenvalue weighted by atomic mass is 10.0. The molecular formula is C79H150N2O3. The zero-order valence-corrected chi connectivity index (χ0v) is 57.5. The molecule has 0 fully saturated rings.